The Labute approximate surface area is 58.8 Å². The Hall–Kier alpha value is -0.0400. The first-order chi connectivity index (χ1) is 4.18. The van der Waals surface area contributed by atoms with Crippen LogP contribution in [0.25, 0.3) is 0 Å². The molecule has 0 saturated heterocycles. The van der Waals surface area contributed by atoms with Crippen LogP contribution >= 0.6 is 0 Å². The Kier molecular flexibility index (Phi) is 4.78. The molecule has 0 spiro atoms. The molecule has 0 rings (SSSR count). The maximum atomic E-state index is 3.31. The van der Waals surface area contributed by atoms with Crippen LogP contribution in [0.5, 0.6) is 0 Å². The fourth-order valence-corrected chi connectivity index (χ4v) is 0.565. The van der Waals surface area contributed by atoms with E-state index < -0.39 is 0 Å². The molecule has 9 heavy (non-hydrogen) atoms. The van der Waals surface area contributed by atoms with Gasteiger partial charge in [0.2, 0.25) is 0 Å². The minimum Gasteiger partial charge on any atom is -0.317 e. The minimum absolute atomic E-state index is 0.727. The Balaban J connectivity index is 3.16. The van der Waals surface area contributed by atoms with Gasteiger partial charge in [0.25, 0.3) is 0 Å². The first kappa shape index (κ1) is 8.96. The highest BCUT2D eigenvalue weighted by molar-refractivity contribution is 4.84. The third kappa shape index (κ3) is 4.46. The zero-order chi connectivity index (χ0) is 7.28. The van der Waals surface area contributed by atoms with Crippen molar-refractivity contribution in [1.82, 2.24) is 5.32 Å². The second kappa shape index (κ2) is 4.80. The van der Waals surface area contributed by atoms with Crippen LogP contribution in [0.15, 0.2) is 0 Å². The summed E-state index contributed by atoms with van der Waals surface area (Å²) in [6.07, 6.45) is 0. The van der Waals surface area contributed by atoms with Gasteiger partial charge in [0.1, 0.15) is 0 Å². The Morgan fingerprint density at radius 3 is 2.33 bits per heavy atom. The molecule has 1 unspecified atom stereocenters. The second-order valence-corrected chi connectivity index (χ2v) is 2.79. The molecule has 0 saturated carbocycles. The van der Waals surface area contributed by atoms with E-state index in [1.54, 1.807) is 0 Å². The number of hydrogen-bond acceptors (Lipinski definition) is 1. The maximum absolute atomic E-state index is 3.31. The van der Waals surface area contributed by atoms with Gasteiger partial charge in [-0.2, -0.15) is 0 Å². The van der Waals surface area contributed by atoms with E-state index in [4.69, 9.17) is 0 Å². The van der Waals surface area contributed by atoms with E-state index in [-0.39, 0.29) is 0 Å². The van der Waals surface area contributed by atoms with Gasteiger partial charge in [-0.15, -0.1) is 0 Å². The minimum atomic E-state index is 0.727. The predicted molar refractivity (Wildman–Crippen MR) is 42.3 cm³/mol. The second-order valence-electron chi connectivity index (χ2n) is 2.79. The Morgan fingerprint density at radius 2 is 2.00 bits per heavy atom. The summed E-state index contributed by atoms with van der Waals surface area (Å²) in [5.41, 5.74) is 0. The summed E-state index contributed by atoms with van der Waals surface area (Å²) in [5.74, 6) is 2.24. The normalized spacial score (nSPS) is 14.3. The molecule has 0 aliphatic heterocycles. The van der Waals surface area contributed by atoms with E-state index in [0.717, 1.165) is 19.0 Å². The van der Waals surface area contributed by atoms with Gasteiger partial charge < -0.3 is 5.32 Å². The lowest BCUT2D eigenvalue weighted by atomic mass is 9.98. The van der Waals surface area contributed by atoms with Gasteiger partial charge in [-0.25, -0.2) is 0 Å². The van der Waals surface area contributed by atoms with Crippen molar-refractivity contribution in [3.05, 3.63) is 5.92 Å². The van der Waals surface area contributed by atoms with Crippen LogP contribution in [0.2, 0.25) is 0 Å². The molecule has 0 amide bonds. The molecule has 0 aromatic carbocycles. The molecular weight excluding hydrogens is 110 g/mol. The van der Waals surface area contributed by atoms with Crippen molar-refractivity contribution in [2.75, 3.05) is 13.1 Å². The van der Waals surface area contributed by atoms with Crippen LogP contribution in [0.4, 0.5) is 0 Å². The van der Waals surface area contributed by atoms with Crippen LogP contribution in [0.1, 0.15) is 27.7 Å². The highest BCUT2D eigenvalue weighted by atomic mass is 14.8. The molecule has 0 aliphatic rings. The number of hydrogen-bond donors (Lipinski definition) is 1. The summed E-state index contributed by atoms with van der Waals surface area (Å²) in [4.78, 5) is 0. The van der Waals surface area contributed by atoms with Gasteiger partial charge in [-0.1, -0.05) is 27.7 Å². The van der Waals surface area contributed by atoms with Gasteiger partial charge in [-0.05, 0) is 24.9 Å². The quantitative estimate of drug-likeness (QED) is 0.609. The molecule has 0 aromatic heterocycles. The summed E-state index contributed by atoms with van der Waals surface area (Å²) >= 11 is 0. The van der Waals surface area contributed by atoms with Crippen molar-refractivity contribution in [2.24, 2.45) is 5.92 Å². The third-order valence-electron chi connectivity index (χ3n) is 1.69. The summed E-state index contributed by atoms with van der Waals surface area (Å²) in [5, 5.41) is 3.31. The van der Waals surface area contributed by atoms with Crippen LogP contribution in [-0.4, -0.2) is 13.1 Å². The maximum Gasteiger partial charge on any atom is -0.00180 e. The molecule has 0 bridgehead atoms. The first-order valence-electron chi connectivity index (χ1n) is 3.69. The molecule has 55 valence electrons. The van der Waals surface area contributed by atoms with Crippen molar-refractivity contribution < 1.29 is 0 Å². The third-order valence-corrected chi connectivity index (χ3v) is 1.69. The van der Waals surface area contributed by atoms with Gasteiger partial charge in [0.05, 0.1) is 0 Å². The van der Waals surface area contributed by atoms with Crippen molar-refractivity contribution in [1.29, 1.82) is 0 Å². The largest absolute Gasteiger partial charge is 0.317 e. The fraction of sp³-hybridized carbons (Fsp3) is 0.875. The first-order valence-corrected chi connectivity index (χ1v) is 3.69. The van der Waals surface area contributed by atoms with Crippen LogP contribution in [0.3, 0.4) is 0 Å². The monoisotopic (exact) mass is 128 g/mol. The average molecular weight is 128 g/mol. The van der Waals surface area contributed by atoms with Crippen LogP contribution in [-0.2, 0) is 0 Å². The summed E-state index contributed by atoms with van der Waals surface area (Å²) in [6, 6.07) is 0. The molecule has 1 nitrogen and oxygen atoms in total. The molecular formula is C8H18N. The molecule has 0 aliphatic carbocycles. The molecule has 1 N–H and O–H groups in total. The number of rotatable bonds is 4. The van der Waals surface area contributed by atoms with Crippen LogP contribution in [0, 0.1) is 11.8 Å². The molecule has 0 aromatic rings. The van der Waals surface area contributed by atoms with Crippen molar-refractivity contribution in [3.8, 4) is 0 Å². The summed E-state index contributed by atoms with van der Waals surface area (Å²) in [6.45, 7) is 11.0. The van der Waals surface area contributed by atoms with Gasteiger partial charge in [-0.3, -0.25) is 0 Å². The molecule has 0 heterocycles. The Morgan fingerprint density at radius 1 is 1.44 bits per heavy atom. The van der Waals surface area contributed by atoms with E-state index in [2.05, 4.69) is 33.0 Å². The molecule has 1 radical (unpaired) electrons. The number of nitrogens with one attached hydrogen (secondary N) is 1. The predicted octanol–water partition coefficient (Wildman–Crippen LogP) is 1.85. The standard InChI is InChI=1S/C8H18N/c1-5-9-6-8(4)7(2)3/h8-9H,5-6H2,1-4H3. The van der Waals surface area contributed by atoms with E-state index >= 15 is 0 Å². The SMILES string of the molecule is CCNCC(C)[C](C)C. The zero-order valence-corrected chi connectivity index (χ0v) is 6.99. The van der Waals surface area contributed by atoms with E-state index in [9.17, 15) is 0 Å². The molecule has 1 atom stereocenters. The van der Waals surface area contributed by atoms with E-state index in [0.29, 0.717) is 0 Å². The van der Waals surface area contributed by atoms with E-state index in [1.165, 1.54) is 5.92 Å². The Bertz CT molecular complexity index is 59.6. The lowest BCUT2D eigenvalue weighted by molar-refractivity contribution is 0.539. The van der Waals surface area contributed by atoms with Crippen LogP contribution < -0.4 is 5.32 Å². The highest BCUT2D eigenvalue weighted by Gasteiger charge is 2.04. The summed E-state index contributed by atoms with van der Waals surface area (Å²) < 4.78 is 0. The molecule has 0 fully saturated rings. The van der Waals surface area contributed by atoms with Gasteiger partial charge in [0.15, 0.2) is 0 Å². The fourth-order valence-electron chi connectivity index (χ4n) is 0.565. The smallest absolute Gasteiger partial charge is 0.00180 e. The average Bonchev–Trinajstić information content (AvgIpc) is 1.82. The van der Waals surface area contributed by atoms with E-state index in [1.807, 2.05) is 0 Å². The van der Waals surface area contributed by atoms with Crippen molar-refractivity contribution >= 4 is 0 Å². The van der Waals surface area contributed by atoms with Gasteiger partial charge in [0, 0.05) is 0 Å². The highest BCUT2D eigenvalue weighted by Crippen LogP contribution is 2.09. The zero-order valence-electron chi connectivity index (χ0n) is 6.99. The van der Waals surface area contributed by atoms with Crippen molar-refractivity contribution in [2.45, 2.75) is 27.7 Å². The lowest BCUT2D eigenvalue weighted by Gasteiger charge is -2.14. The summed E-state index contributed by atoms with van der Waals surface area (Å²) in [7, 11) is 0. The van der Waals surface area contributed by atoms with Gasteiger partial charge >= 0.3 is 0 Å². The van der Waals surface area contributed by atoms with Crippen molar-refractivity contribution in [3.63, 3.8) is 0 Å². The lowest BCUT2D eigenvalue weighted by Crippen LogP contribution is -2.22. The molecule has 1 heteroatoms. The topological polar surface area (TPSA) is 12.0 Å².